The summed E-state index contributed by atoms with van der Waals surface area (Å²) in [6.07, 6.45) is 4.67. The number of hydrogen-bond donors (Lipinski definition) is 1. The van der Waals surface area contributed by atoms with Gasteiger partial charge >= 0.3 is 0 Å². The molecule has 2 aliphatic carbocycles. The van der Waals surface area contributed by atoms with Gasteiger partial charge in [0.25, 0.3) is 0 Å². The molecule has 0 heterocycles. The van der Waals surface area contributed by atoms with E-state index in [1.165, 1.54) is 24.0 Å². The average molecular weight is 220 g/mol. The van der Waals surface area contributed by atoms with Gasteiger partial charge < -0.3 is 5.73 Å². The molecule has 1 aromatic rings. The van der Waals surface area contributed by atoms with E-state index >= 15 is 0 Å². The fourth-order valence-corrected chi connectivity index (χ4v) is 3.58. The summed E-state index contributed by atoms with van der Waals surface area (Å²) in [5.74, 6) is 0.577. The Hall–Kier alpha value is -0.890. The zero-order valence-electron chi connectivity index (χ0n) is 9.80. The van der Waals surface area contributed by atoms with Crippen LogP contribution in [0.3, 0.4) is 0 Å². The monoisotopic (exact) mass is 220 g/mol. The molecule has 2 heteroatoms. The third-order valence-corrected chi connectivity index (χ3v) is 4.76. The van der Waals surface area contributed by atoms with E-state index < -0.39 is 0 Å². The minimum absolute atomic E-state index is 0.0893. The number of hydrogen-bond acceptors (Lipinski definition) is 0. The molecule has 0 radical (unpaired) electrons. The molecule has 3 rings (SSSR count). The largest absolute Gasteiger partial charge is 0.355 e. The average Bonchev–Trinajstić information content (AvgIpc) is 3.03. The standard InChI is InChI=1S/C14H18FN/c1-2-13(16)14-6-5-9-7-10(15)3-4-11(9)12(14)8-14/h3-4,7,12-13H,2,5-6,8,16H2,1H3/p+1. The van der Waals surface area contributed by atoms with Crippen LogP contribution in [0.1, 0.15) is 43.2 Å². The summed E-state index contributed by atoms with van der Waals surface area (Å²) in [5.41, 5.74) is 7.40. The summed E-state index contributed by atoms with van der Waals surface area (Å²) in [6.45, 7) is 2.22. The molecule has 86 valence electrons. The Morgan fingerprint density at radius 3 is 3.12 bits per heavy atom. The maximum Gasteiger partial charge on any atom is 0.123 e. The number of quaternary nitrogens is 1. The highest BCUT2D eigenvalue weighted by atomic mass is 19.1. The van der Waals surface area contributed by atoms with Gasteiger partial charge in [-0.15, -0.1) is 0 Å². The molecule has 0 saturated heterocycles. The van der Waals surface area contributed by atoms with Gasteiger partial charge in [-0.2, -0.15) is 0 Å². The van der Waals surface area contributed by atoms with Crippen LogP contribution in [0.5, 0.6) is 0 Å². The van der Waals surface area contributed by atoms with Crippen LogP contribution in [0.4, 0.5) is 4.39 Å². The quantitative estimate of drug-likeness (QED) is 0.792. The molecule has 16 heavy (non-hydrogen) atoms. The SMILES string of the molecule is CCC([NH3+])C12CCc3cc(F)ccc3C1C2. The van der Waals surface area contributed by atoms with Gasteiger partial charge in [0.15, 0.2) is 0 Å². The molecule has 0 amide bonds. The lowest BCUT2D eigenvalue weighted by Crippen LogP contribution is -2.65. The number of benzene rings is 1. The number of fused-ring (bicyclic) bond motifs is 3. The normalized spacial score (nSPS) is 32.8. The topological polar surface area (TPSA) is 27.6 Å². The summed E-state index contributed by atoms with van der Waals surface area (Å²) in [6, 6.07) is 5.90. The summed E-state index contributed by atoms with van der Waals surface area (Å²) in [4.78, 5) is 0. The zero-order valence-corrected chi connectivity index (χ0v) is 9.80. The van der Waals surface area contributed by atoms with Crippen molar-refractivity contribution in [2.75, 3.05) is 0 Å². The van der Waals surface area contributed by atoms with E-state index in [0.29, 0.717) is 17.4 Å². The molecule has 0 spiro atoms. The summed E-state index contributed by atoms with van der Waals surface area (Å²) >= 11 is 0. The lowest BCUT2D eigenvalue weighted by atomic mass is 9.79. The van der Waals surface area contributed by atoms with Gasteiger partial charge in [0.05, 0.1) is 6.04 Å². The second kappa shape index (κ2) is 3.30. The van der Waals surface area contributed by atoms with Crippen molar-refractivity contribution >= 4 is 0 Å². The maximum atomic E-state index is 13.1. The van der Waals surface area contributed by atoms with E-state index in [4.69, 9.17) is 0 Å². The first kappa shape index (κ1) is 10.3. The van der Waals surface area contributed by atoms with Crippen molar-refractivity contribution in [2.45, 2.75) is 44.6 Å². The number of halogens is 1. The molecule has 2 aliphatic rings. The summed E-state index contributed by atoms with van der Waals surface area (Å²) in [5, 5.41) is 0. The molecule has 3 N–H and O–H groups in total. The Labute approximate surface area is 95.8 Å². The van der Waals surface area contributed by atoms with Gasteiger partial charge in [0, 0.05) is 5.41 Å². The second-order valence-electron chi connectivity index (χ2n) is 5.44. The highest BCUT2D eigenvalue weighted by Crippen LogP contribution is 2.66. The van der Waals surface area contributed by atoms with E-state index in [0.717, 1.165) is 12.8 Å². The van der Waals surface area contributed by atoms with Gasteiger partial charge in [-0.25, -0.2) is 4.39 Å². The van der Waals surface area contributed by atoms with Crippen LogP contribution >= 0.6 is 0 Å². The first-order valence-corrected chi connectivity index (χ1v) is 6.29. The minimum Gasteiger partial charge on any atom is -0.355 e. The molecular weight excluding hydrogens is 201 g/mol. The van der Waals surface area contributed by atoms with Crippen molar-refractivity contribution in [1.29, 1.82) is 0 Å². The number of rotatable bonds is 2. The van der Waals surface area contributed by atoms with Crippen molar-refractivity contribution < 1.29 is 10.1 Å². The van der Waals surface area contributed by atoms with Crippen LogP contribution in [0.25, 0.3) is 0 Å². The lowest BCUT2D eigenvalue weighted by molar-refractivity contribution is -0.439. The molecule has 1 saturated carbocycles. The Kier molecular flexibility index (Phi) is 2.12. The second-order valence-corrected chi connectivity index (χ2v) is 5.44. The summed E-state index contributed by atoms with van der Waals surface area (Å²) in [7, 11) is 0. The van der Waals surface area contributed by atoms with Crippen molar-refractivity contribution in [2.24, 2.45) is 5.41 Å². The maximum absolute atomic E-state index is 13.1. The summed E-state index contributed by atoms with van der Waals surface area (Å²) < 4.78 is 13.1. The molecule has 1 nitrogen and oxygen atoms in total. The predicted octanol–water partition coefficient (Wildman–Crippen LogP) is 2.27. The van der Waals surface area contributed by atoms with Crippen LogP contribution in [-0.4, -0.2) is 6.04 Å². The fourth-order valence-electron chi connectivity index (χ4n) is 3.58. The smallest absolute Gasteiger partial charge is 0.123 e. The van der Waals surface area contributed by atoms with Crippen molar-refractivity contribution in [1.82, 2.24) is 0 Å². The molecule has 3 atom stereocenters. The number of aryl methyl sites for hydroxylation is 1. The molecule has 1 fully saturated rings. The van der Waals surface area contributed by atoms with Gasteiger partial charge in [-0.05, 0) is 54.9 Å². The highest BCUT2D eigenvalue weighted by molar-refractivity contribution is 5.41. The predicted molar refractivity (Wildman–Crippen MR) is 61.5 cm³/mol. The molecule has 0 aliphatic heterocycles. The van der Waals surface area contributed by atoms with Crippen LogP contribution in [-0.2, 0) is 6.42 Å². The van der Waals surface area contributed by atoms with E-state index in [9.17, 15) is 4.39 Å². The van der Waals surface area contributed by atoms with Crippen LogP contribution in [0.2, 0.25) is 0 Å². The molecule has 3 unspecified atom stereocenters. The minimum atomic E-state index is -0.0893. The first-order chi connectivity index (χ1) is 7.67. The molecule has 0 aromatic heterocycles. The van der Waals surface area contributed by atoms with Gasteiger partial charge in [-0.3, -0.25) is 0 Å². The van der Waals surface area contributed by atoms with Crippen LogP contribution in [0.15, 0.2) is 18.2 Å². The third kappa shape index (κ3) is 1.26. The fraction of sp³-hybridized carbons (Fsp3) is 0.571. The van der Waals surface area contributed by atoms with Crippen LogP contribution < -0.4 is 5.73 Å². The highest BCUT2D eigenvalue weighted by Gasteiger charge is 2.61. The molecular formula is C14H19FN+. The first-order valence-electron chi connectivity index (χ1n) is 6.29. The van der Waals surface area contributed by atoms with Crippen molar-refractivity contribution in [3.63, 3.8) is 0 Å². The Balaban J connectivity index is 1.95. The van der Waals surface area contributed by atoms with E-state index in [1.807, 2.05) is 6.07 Å². The Bertz CT molecular complexity index is 429. The van der Waals surface area contributed by atoms with Gasteiger partial charge in [-0.1, -0.05) is 13.0 Å². The zero-order chi connectivity index (χ0) is 11.3. The van der Waals surface area contributed by atoms with Gasteiger partial charge in [0.2, 0.25) is 0 Å². The van der Waals surface area contributed by atoms with Crippen LogP contribution in [0, 0.1) is 11.2 Å². The molecule has 0 bridgehead atoms. The van der Waals surface area contributed by atoms with E-state index in [1.54, 1.807) is 12.1 Å². The van der Waals surface area contributed by atoms with E-state index in [-0.39, 0.29) is 5.82 Å². The van der Waals surface area contributed by atoms with Gasteiger partial charge in [0.1, 0.15) is 5.82 Å². The Morgan fingerprint density at radius 1 is 1.56 bits per heavy atom. The third-order valence-electron chi connectivity index (χ3n) is 4.76. The lowest BCUT2D eigenvalue weighted by Gasteiger charge is -2.26. The molecule has 1 aromatic carbocycles. The van der Waals surface area contributed by atoms with E-state index in [2.05, 4.69) is 12.7 Å². The Morgan fingerprint density at radius 2 is 2.38 bits per heavy atom. The van der Waals surface area contributed by atoms with Crippen molar-refractivity contribution in [3.05, 3.63) is 35.1 Å². The van der Waals surface area contributed by atoms with Crippen molar-refractivity contribution in [3.8, 4) is 0 Å².